The van der Waals surface area contributed by atoms with Crippen molar-refractivity contribution in [1.82, 2.24) is 0 Å². The molecular formula is C13H20O6. The summed E-state index contributed by atoms with van der Waals surface area (Å²) in [7, 11) is 0. The summed E-state index contributed by atoms with van der Waals surface area (Å²) < 4.78 is 9.98. The number of hydrogen-bond donors (Lipinski definition) is 2. The summed E-state index contributed by atoms with van der Waals surface area (Å²) in [6.07, 6.45) is 3.48. The monoisotopic (exact) mass is 272 g/mol. The second-order valence-corrected chi connectivity index (χ2v) is 4.14. The number of hydrogen-bond acceptors (Lipinski definition) is 4. The highest BCUT2D eigenvalue weighted by Gasteiger charge is 2.39. The maximum atomic E-state index is 11.4. The van der Waals surface area contributed by atoms with Crippen molar-refractivity contribution in [2.24, 2.45) is 5.41 Å². The van der Waals surface area contributed by atoms with Crippen LogP contribution in [0, 0.1) is 5.41 Å². The summed E-state index contributed by atoms with van der Waals surface area (Å²) in [4.78, 5) is 21.8. The molecule has 19 heavy (non-hydrogen) atoms. The number of ether oxygens (including phenoxy) is 2. The largest absolute Gasteiger partial charge is 0.500 e. The van der Waals surface area contributed by atoms with Gasteiger partial charge in [0.2, 0.25) is 0 Å². The fourth-order valence-corrected chi connectivity index (χ4v) is 1.59. The van der Waals surface area contributed by atoms with Crippen LogP contribution in [0.3, 0.4) is 0 Å². The van der Waals surface area contributed by atoms with E-state index in [0.29, 0.717) is 12.8 Å². The Balaban J connectivity index is 4.58. The minimum atomic E-state index is -1.22. The van der Waals surface area contributed by atoms with E-state index in [0.717, 1.165) is 0 Å². The van der Waals surface area contributed by atoms with Gasteiger partial charge in [0.1, 0.15) is 18.6 Å². The minimum absolute atomic E-state index is 0.0142. The molecule has 0 amide bonds. The van der Waals surface area contributed by atoms with E-state index in [1.807, 2.05) is 0 Å². The average molecular weight is 272 g/mol. The van der Waals surface area contributed by atoms with Crippen molar-refractivity contribution in [1.29, 1.82) is 0 Å². The Bertz CT molecular complexity index is 311. The maximum Gasteiger partial charge on any atom is 0.316 e. The van der Waals surface area contributed by atoms with Crippen LogP contribution >= 0.6 is 0 Å². The molecule has 0 saturated heterocycles. The molecule has 0 aliphatic rings. The molecule has 0 aromatic carbocycles. The van der Waals surface area contributed by atoms with Crippen molar-refractivity contribution in [3.8, 4) is 0 Å². The molecule has 6 heteroatoms. The van der Waals surface area contributed by atoms with Gasteiger partial charge in [0.25, 0.3) is 0 Å². The van der Waals surface area contributed by atoms with Gasteiger partial charge < -0.3 is 19.7 Å². The average Bonchev–Trinajstić information content (AvgIpc) is 2.36. The van der Waals surface area contributed by atoms with Crippen LogP contribution in [-0.2, 0) is 19.1 Å². The zero-order valence-electron chi connectivity index (χ0n) is 10.8. The molecule has 0 unspecified atom stereocenters. The fraction of sp³-hybridized carbons (Fsp3) is 0.538. The first kappa shape index (κ1) is 17.0. The van der Waals surface area contributed by atoms with Crippen LogP contribution in [0.15, 0.2) is 25.7 Å². The third-order valence-electron chi connectivity index (χ3n) is 2.70. The molecule has 108 valence electrons. The van der Waals surface area contributed by atoms with Gasteiger partial charge in [-0.05, 0) is 12.8 Å². The molecule has 6 nitrogen and oxygen atoms in total. The lowest BCUT2D eigenvalue weighted by Gasteiger charge is -2.27. The van der Waals surface area contributed by atoms with E-state index >= 15 is 0 Å². The molecule has 0 fully saturated rings. The van der Waals surface area contributed by atoms with Gasteiger partial charge >= 0.3 is 11.9 Å². The number of rotatable bonds is 12. The van der Waals surface area contributed by atoms with Gasteiger partial charge in [0.05, 0.1) is 12.5 Å². The quantitative estimate of drug-likeness (QED) is 0.417. The van der Waals surface area contributed by atoms with Crippen LogP contribution in [0.2, 0.25) is 0 Å². The Kier molecular flexibility index (Phi) is 8.08. The molecule has 0 aromatic heterocycles. The molecule has 2 N–H and O–H groups in total. The third kappa shape index (κ3) is 6.49. The minimum Gasteiger partial charge on any atom is -0.500 e. The topological polar surface area (TPSA) is 93.1 Å². The molecule has 0 aromatic rings. The first-order valence-corrected chi connectivity index (χ1v) is 5.88. The Morgan fingerprint density at radius 3 is 1.95 bits per heavy atom. The Hall–Kier alpha value is -1.98. The molecule has 0 rings (SSSR count). The normalized spacial score (nSPS) is 10.5. The second kappa shape index (κ2) is 9.02. The summed E-state index contributed by atoms with van der Waals surface area (Å²) in [5.74, 6) is -1.95. The van der Waals surface area contributed by atoms with E-state index in [2.05, 4.69) is 13.2 Å². The van der Waals surface area contributed by atoms with E-state index in [1.165, 1.54) is 12.5 Å². The number of carboxylic acids is 2. The van der Waals surface area contributed by atoms with Crippen LogP contribution in [0.5, 0.6) is 0 Å². The fourth-order valence-electron chi connectivity index (χ4n) is 1.59. The lowest BCUT2D eigenvalue weighted by atomic mass is 9.84. The highest BCUT2D eigenvalue weighted by atomic mass is 16.5. The number of carboxylic acid groups (broad SMARTS) is 2. The standard InChI is InChI=1S/C13H20O6/c1-3-18-9-13(12(16)17,10-19-4-2)8-6-5-7-11(14)15/h3-4H,1-2,5-10H2,(H,14,15)(H,16,17). The predicted octanol–water partition coefficient (Wildman–Crippen LogP) is 2.02. The maximum absolute atomic E-state index is 11.4. The summed E-state index contributed by atoms with van der Waals surface area (Å²) >= 11 is 0. The van der Waals surface area contributed by atoms with Crippen molar-refractivity contribution in [3.05, 3.63) is 25.7 Å². The molecule has 0 atom stereocenters. The van der Waals surface area contributed by atoms with Crippen molar-refractivity contribution in [2.75, 3.05) is 13.2 Å². The van der Waals surface area contributed by atoms with Crippen molar-refractivity contribution in [3.63, 3.8) is 0 Å². The Morgan fingerprint density at radius 1 is 1.05 bits per heavy atom. The first-order chi connectivity index (χ1) is 8.98. The molecule has 0 heterocycles. The number of carbonyl (C=O) groups is 2. The van der Waals surface area contributed by atoms with Gasteiger partial charge in [-0.1, -0.05) is 19.6 Å². The highest BCUT2D eigenvalue weighted by molar-refractivity contribution is 5.75. The second-order valence-electron chi connectivity index (χ2n) is 4.14. The lowest BCUT2D eigenvalue weighted by molar-refractivity contribution is -0.155. The molecule has 0 radical (unpaired) electrons. The first-order valence-electron chi connectivity index (χ1n) is 5.88. The van der Waals surface area contributed by atoms with E-state index in [1.54, 1.807) is 0 Å². The zero-order chi connectivity index (χ0) is 14.7. The molecule has 0 bridgehead atoms. The van der Waals surface area contributed by atoms with Gasteiger partial charge in [-0.3, -0.25) is 9.59 Å². The van der Waals surface area contributed by atoms with Gasteiger partial charge in [-0.15, -0.1) is 0 Å². The number of unbranched alkanes of at least 4 members (excludes halogenated alkanes) is 1. The van der Waals surface area contributed by atoms with Gasteiger partial charge in [-0.2, -0.15) is 0 Å². The van der Waals surface area contributed by atoms with E-state index in [-0.39, 0.29) is 26.1 Å². The van der Waals surface area contributed by atoms with Gasteiger partial charge in [0.15, 0.2) is 0 Å². The predicted molar refractivity (Wildman–Crippen MR) is 68.5 cm³/mol. The lowest BCUT2D eigenvalue weighted by Crippen LogP contribution is -2.39. The Morgan fingerprint density at radius 2 is 1.58 bits per heavy atom. The van der Waals surface area contributed by atoms with Crippen LogP contribution in [0.1, 0.15) is 25.7 Å². The molecular weight excluding hydrogens is 252 g/mol. The summed E-state index contributed by atoms with van der Waals surface area (Å²) in [5.41, 5.74) is -1.22. The van der Waals surface area contributed by atoms with Crippen LogP contribution in [-0.4, -0.2) is 35.4 Å². The van der Waals surface area contributed by atoms with E-state index < -0.39 is 17.4 Å². The van der Waals surface area contributed by atoms with E-state index in [9.17, 15) is 14.7 Å². The Labute approximate surface area is 112 Å². The number of aliphatic carboxylic acids is 2. The van der Waals surface area contributed by atoms with Gasteiger partial charge in [0, 0.05) is 6.42 Å². The molecule has 0 aliphatic carbocycles. The van der Waals surface area contributed by atoms with Crippen molar-refractivity contribution < 1.29 is 29.3 Å². The van der Waals surface area contributed by atoms with Crippen LogP contribution < -0.4 is 0 Å². The molecule has 0 spiro atoms. The smallest absolute Gasteiger partial charge is 0.316 e. The molecule has 0 saturated carbocycles. The molecule has 0 aliphatic heterocycles. The summed E-state index contributed by atoms with van der Waals surface area (Å²) in [5, 5.41) is 17.9. The van der Waals surface area contributed by atoms with Gasteiger partial charge in [-0.25, -0.2) is 0 Å². The summed E-state index contributed by atoms with van der Waals surface area (Å²) in [6, 6.07) is 0. The SMILES string of the molecule is C=COCC(CCCCC(=O)O)(COC=C)C(=O)O. The zero-order valence-corrected chi connectivity index (χ0v) is 10.8. The van der Waals surface area contributed by atoms with Crippen molar-refractivity contribution in [2.45, 2.75) is 25.7 Å². The van der Waals surface area contributed by atoms with Crippen LogP contribution in [0.4, 0.5) is 0 Å². The summed E-state index contributed by atoms with van der Waals surface area (Å²) in [6.45, 7) is 6.59. The van der Waals surface area contributed by atoms with E-state index in [4.69, 9.17) is 14.6 Å². The highest BCUT2D eigenvalue weighted by Crippen LogP contribution is 2.27. The van der Waals surface area contributed by atoms with Crippen molar-refractivity contribution >= 4 is 11.9 Å². The third-order valence-corrected chi connectivity index (χ3v) is 2.70. The van der Waals surface area contributed by atoms with Crippen LogP contribution in [0.25, 0.3) is 0 Å².